The summed E-state index contributed by atoms with van der Waals surface area (Å²) < 4.78 is 0. The van der Waals surface area contributed by atoms with E-state index in [0.717, 1.165) is 62.5 Å². The summed E-state index contributed by atoms with van der Waals surface area (Å²) in [5.41, 5.74) is 5.93. The molecule has 6 rings (SSSR count). The van der Waals surface area contributed by atoms with Gasteiger partial charge in [0.05, 0.1) is 20.8 Å². The van der Waals surface area contributed by atoms with Crippen molar-refractivity contribution in [1.82, 2.24) is 14.9 Å². The van der Waals surface area contributed by atoms with Gasteiger partial charge in [-0.1, -0.05) is 42.5 Å². The molecule has 0 unspecified atom stereocenters. The Labute approximate surface area is 211 Å². The van der Waals surface area contributed by atoms with E-state index in [1.165, 1.54) is 5.56 Å². The van der Waals surface area contributed by atoms with Crippen LogP contribution in [-0.2, 0) is 0 Å². The number of rotatable bonds is 4. The SMILES string of the molecule is S=C(Nc1ccc2nc(-c3cccs3)c(-c3cccs3)nc2c1)N1CC[C@@H](c2ccccc2)C1. The Morgan fingerprint density at radius 2 is 1.56 bits per heavy atom. The van der Waals surface area contributed by atoms with Crippen LogP contribution in [0, 0.1) is 0 Å². The normalized spacial score (nSPS) is 15.6. The lowest BCUT2D eigenvalue weighted by Gasteiger charge is -2.21. The van der Waals surface area contributed by atoms with E-state index in [4.69, 9.17) is 22.2 Å². The molecule has 0 aliphatic carbocycles. The van der Waals surface area contributed by atoms with Gasteiger partial charge in [0, 0.05) is 24.7 Å². The average molecular weight is 499 g/mol. The van der Waals surface area contributed by atoms with Crippen LogP contribution in [0.2, 0.25) is 0 Å². The van der Waals surface area contributed by atoms with Gasteiger partial charge >= 0.3 is 0 Å². The van der Waals surface area contributed by atoms with Crippen molar-refractivity contribution in [2.75, 3.05) is 18.4 Å². The molecule has 0 amide bonds. The van der Waals surface area contributed by atoms with Crippen molar-refractivity contribution in [3.8, 4) is 21.1 Å². The first-order chi connectivity index (χ1) is 16.7. The second-order valence-corrected chi connectivity index (χ2v) is 10.6. The number of thiophene rings is 2. The summed E-state index contributed by atoms with van der Waals surface area (Å²) >= 11 is 9.14. The minimum atomic E-state index is 0.521. The molecule has 7 heteroatoms. The Morgan fingerprint density at radius 1 is 0.853 bits per heavy atom. The van der Waals surface area contributed by atoms with Crippen LogP contribution in [0.15, 0.2) is 83.6 Å². The van der Waals surface area contributed by atoms with Crippen LogP contribution in [0.3, 0.4) is 0 Å². The average Bonchev–Trinajstić information content (AvgIpc) is 3.66. The maximum Gasteiger partial charge on any atom is 0.173 e. The van der Waals surface area contributed by atoms with E-state index in [0.29, 0.717) is 5.92 Å². The minimum Gasteiger partial charge on any atom is -0.348 e. The highest BCUT2D eigenvalue weighted by molar-refractivity contribution is 7.80. The smallest absolute Gasteiger partial charge is 0.173 e. The van der Waals surface area contributed by atoms with Crippen molar-refractivity contribution in [2.24, 2.45) is 0 Å². The monoisotopic (exact) mass is 498 g/mol. The standard InChI is InChI=1S/C27H22N4S3/c32-27(31-13-12-19(17-31)18-6-2-1-3-7-18)28-20-10-11-21-22(16-20)30-26(24-9-5-15-34-24)25(29-21)23-8-4-14-33-23/h1-11,14-16,19H,12-13,17H2,(H,28,32)/t19-/m1/s1. The minimum absolute atomic E-state index is 0.521. The zero-order valence-corrected chi connectivity index (χ0v) is 20.8. The predicted octanol–water partition coefficient (Wildman–Crippen LogP) is 7.27. The molecule has 34 heavy (non-hydrogen) atoms. The van der Waals surface area contributed by atoms with Crippen LogP contribution in [-0.4, -0.2) is 33.1 Å². The molecule has 0 saturated carbocycles. The first-order valence-electron chi connectivity index (χ1n) is 11.2. The number of likely N-dealkylation sites (tertiary alicyclic amines) is 1. The number of benzene rings is 2. The van der Waals surface area contributed by atoms with Gasteiger partial charge < -0.3 is 10.2 Å². The van der Waals surface area contributed by atoms with Gasteiger partial charge in [0.25, 0.3) is 0 Å². The van der Waals surface area contributed by atoms with Gasteiger partial charge in [-0.3, -0.25) is 0 Å². The Balaban J connectivity index is 1.26. The number of hydrogen-bond acceptors (Lipinski definition) is 5. The summed E-state index contributed by atoms with van der Waals surface area (Å²) in [7, 11) is 0. The van der Waals surface area contributed by atoms with Gasteiger partial charge in [0.15, 0.2) is 5.11 Å². The van der Waals surface area contributed by atoms with E-state index in [1.807, 2.05) is 12.1 Å². The van der Waals surface area contributed by atoms with Gasteiger partial charge in [0.1, 0.15) is 11.4 Å². The number of fused-ring (bicyclic) bond motifs is 1. The molecule has 0 bridgehead atoms. The van der Waals surface area contributed by atoms with Gasteiger partial charge in [-0.15, -0.1) is 22.7 Å². The Bertz CT molecular complexity index is 1430. The zero-order valence-electron chi connectivity index (χ0n) is 18.3. The maximum absolute atomic E-state index is 5.77. The lowest BCUT2D eigenvalue weighted by molar-refractivity contribution is 0.518. The molecule has 1 saturated heterocycles. The second kappa shape index (κ2) is 9.25. The van der Waals surface area contributed by atoms with Crippen LogP contribution in [0.4, 0.5) is 5.69 Å². The number of nitrogens with one attached hydrogen (secondary N) is 1. The zero-order chi connectivity index (χ0) is 22.9. The highest BCUT2D eigenvalue weighted by Crippen LogP contribution is 2.36. The Kier molecular flexibility index (Phi) is 5.83. The van der Waals surface area contributed by atoms with Crippen LogP contribution in [0.25, 0.3) is 32.2 Å². The highest BCUT2D eigenvalue weighted by Gasteiger charge is 2.25. The molecule has 2 aromatic carbocycles. The fourth-order valence-electron chi connectivity index (χ4n) is 4.45. The number of nitrogens with zero attached hydrogens (tertiary/aromatic N) is 3. The molecular formula is C27H22N4S3. The highest BCUT2D eigenvalue weighted by atomic mass is 32.1. The molecule has 0 radical (unpaired) electrons. The third-order valence-electron chi connectivity index (χ3n) is 6.17. The Hall–Kier alpha value is -3.13. The van der Waals surface area contributed by atoms with E-state index in [2.05, 4.69) is 81.6 Å². The first-order valence-corrected chi connectivity index (χ1v) is 13.4. The van der Waals surface area contributed by atoms with Crippen molar-refractivity contribution in [2.45, 2.75) is 12.3 Å². The summed E-state index contributed by atoms with van der Waals surface area (Å²) in [6, 6.07) is 25.1. The van der Waals surface area contributed by atoms with Gasteiger partial charge in [0.2, 0.25) is 0 Å². The van der Waals surface area contributed by atoms with Crippen molar-refractivity contribution in [3.63, 3.8) is 0 Å². The number of thiocarbonyl (C=S) groups is 1. The Morgan fingerprint density at radius 3 is 2.24 bits per heavy atom. The molecule has 5 aromatic rings. The van der Waals surface area contributed by atoms with E-state index in [1.54, 1.807) is 22.7 Å². The van der Waals surface area contributed by atoms with E-state index in [-0.39, 0.29) is 0 Å². The summed E-state index contributed by atoms with van der Waals surface area (Å²) in [5.74, 6) is 0.521. The van der Waals surface area contributed by atoms with Crippen LogP contribution in [0.1, 0.15) is 17.9 Å². The number of aromatic nitrogens is 2. The van der Waals surface area contributed by atoms with E-state index in [9.17, 15) is 0 Å². The molecule has 1 atom stereocenters. The second-order valence-electron chi connectivity index (χ2n) is 8.35. The topological polar surface area (TPSA) is 41.1 Å². The molecule has 4 nitrogen and oxygen atoms in total. The quantitative estimate of drug-likeness (QED) is 0.264. The van der Waals surface area contributed by atoms with Gasteiger partial charge in [-0.25, -0.2) is 9.97 Å². The van der Waals surface area contributed by atoms with Crippen molar-refractivity contribution >= 4 is 56.7 Å². The molecule has 1 aliphatic heterocycles. The maximum atomic E-state index is 5.77. The van der Waals surface area contributed by atoms with E-state index >= 15 is 0 Å². The van der Waals surface area contributed by atoms with Crippen LogP contribution in [0.5, 0.6) is 0 Å². The molecule has 3 aromatic heterocycles. The first kappa shape index (κ1) is 21.4. The number of hydrogen-bond donors (Lipinski definition) is 1. The molecule has 1 N–H and O–H groups in total. The molecule has 1 aliphatic rings. The van der Waals surface area contributed by atoms with Crippen molar-refractivity contribution in [3.05, 3.63) is 89.1 Å². The predicted molar refractivity (Wildman–Crippen MR) is 148 cm³/mol. The third kappa shape index (κ3) is 4.22. The van der Waals surface area contributed by atoms with Crippen molar-refractivity contribution < 1.29 is 0 Å². The molecule has 4 heterocycles. The van der Waals surface area contributed by atoms with E-state index < -0.39 is 0 Å². The van der Waals surface area contributed by atoms with Gasteiger partial charge in [-0.2, -0.15) is 0 Å². The van der Waals surface area contributed by atoms with Crippen LogP contribution < -0.4 is 5.32 Å². The van der Waals surface area contributed by atoms with Crippen LogP contribution >= 0.6 is 34.9 Å². The summed E-state index contributed by atoms with van der Waals surface area (Å²) in [5, 5.41) is 8.36. The fourth-order valence-corrected chi connectivity index (χ4v) is 6.16. The summed E-state index contributed by atoms with van der Waals surface area (Å²) in [4.78, 5) is 14.6. The summed E-state index contributed by atoms with van der Waals surface area (Å²) in [6.45, 7) is 1.90. The molecule has 1 fully saturated rings. The summed E-state index contributed by atoms with van der Waals surface area (Å²) in [6.07, 6.45) is 1.12. The molecule has 0 spiro atoms. The molecular weight excluding hydrogens is 477 g/mol. The van der Waals surface area contributed by atoms with Crippen molar-refractivity contribution in [1.29, 1.82) is 0 Å². The largest absolute Gasteiger partial charge is 0.348 e. The molecule has 168 valence electrons. The fraction of sp³-hybridized carbons (Fsp3) is 0.148. The lowest BCUT2D eigenvalue weighted by Crippen LogP contribution is -2.32. The third-order valence-corrected chi connectivity index (χ3v) is 8.28. The number of anilines is 1. The van der Waals surface area contributed by atoms with Gasteiger partial charge in [-0.05, 0) is 65.3 Å². The lowest BCUT2D eigenvalue weighted by atomic mass is 9.99.